The number of nitrogens with one attached hydrogen (secondary N) is 3. The zero-order valence-corrected chi connectivity index (χ0v) is 20.8. The van der Waals surface area contributed by atoms with E-state index in [1.807, 2.05) is 4.90 Å². The monoisotopic (exact) mass is 516 g/mol. The van der Waals surface area contributed by atoms with Crippen LogP contribution in [0.3, 0.4) is 0 Å². The molecule has 0 spiro atoms. The Balaban J connectivity index is 1.43. The maximum atomic E-state index is 13.9. The van der Waals surface area contributed by atoms with E-state index in [9.17, 15) is 23.9 Å². The number of amides is 3. The zero-order chi connectivity index (χ0) is 26.4. The number of benzene rings is 1. The Kier molecular flexibility index (Phi) is 8.45. The van der Waals surface area contributed by atoms with Gasteiger partial charge in [0, 0.05) is 20.2 Å². The van der Waals surface area contributed by atoms with Gasteiger partial charge in [-0.2, -0.15) is 0 Å². The van der Waals surface area contributed by atoms with Crippen LogP contribution in [0.4, 0.5) is 15.8 Å². The predicted molar refractivity (Wildman–Crippen MR) is 134 cm³/mol. The Morgan fingerprint density at radius 3 is 2.68 bits per heavy atom. The van der Waals surface area contributed by atoms with Crippen LogP contribution in [-0.4, -0.2) is 67.3 Å². The van der Waals surface area contributed by atoms with Gasteiger partial charge in [-0.05, 0) is 49.6 Å². The molecule has 2 aromatic rings. The normalized spacial score (nSPS) is 21.2. The number of furan rings is 1. The summed E-state index contributed by atoms with van der Waals surface area (Å²) >= 11 is 0. The third kappa shape index (κ3) is 6.28. The molecule has 2 unspecified atom stereocenters. The van der Waals surface area contributed by atoms with E-state index >= 15 is 0 Å². The van der Waals surface area contributed by atoms with Gasteiger partial charge in [-0.1, -0.05) is 19.3 Å². The van der Waals surface area contributed by atoms with E-state index in [-0.39, 0.29) is 30.5 Å². The molecule has 2 fully saturated rings. The summed E-state index contributed by atoms with van der Waals surface area (Å²) in [5, 5.41) is 19.4. The van der Waals surface area contributed by atoms with Gasteiger partial charge in [0.15, 0.2) is 5.76 Å². The summed E-state index contributed by atoms with van der Waals surface area (Å²) < 4.78 is 23.9. The van der Waals surface area contributed by atoms with Crippen molar-refractivity contribution in [3.8, 4) is 0 Å². The SMILES string of the molecule is COCC(=O)Nc1cc(F)ccc1N1CCC(NC(=O)C2(NC(=O)c3ccco3)CCCCC2)C(O)C1. The Hall–Kier alpha value is -3.44. The number of ether oxygens (including phenoxy) is 1. The molecule has 2 atom stereocenters. The van der Waals surface area contributed by atoms with Crippen molar-refractivity contribution < 1.29 is 33.0 Å². The highest BCUT2D eigenvalue weighted by Crippen LogP contribution is 2.32. The predicted octanol–water partition coefficient (Wildman–Crippen LogP) is 2.19. The molecule has 4 N–H and O–H groups in total. The van der Waals surface area contributed by atoms with Gasteiger partial charge in [-0.25, -0.2) is 4.39 Å². The molecule has 200 valence electrons. The van der Waals surface area contributed by atoms with Gasteiger partial charge < -0.3 is 35.1 Å². The number of anilines is 2. The van der Waals surface area contributed by atoms with Crippen molar-refractivity contribution in [3.63, 3.8) is 0 Å². The van der Waals surface area contributed by atoms with Crippen LogP contribution in [0.25, 0.3) is 0 Å². The van der Waals surface area contributed by atoms with Crippen LogP contribution in [0.5, 0.6) is 0 Å². The molecule has 2 aliphatic rings. The van der Waals surface area contributed by atoms with Crippen LogP contribution >= 0.6 is 0 Å². The van der Waals surface area contributed by atoms with E-state index in [4.69, 9.17) is 9.15 Å². The molecule has 37 heavy (non-hydrogen) atoms. The minimum atomic E-state index is -1.07. The van der Waals surface area contributed by atoms with Crippen molar-refractivity contribution in [2.24, 2.45) is 0 Å². The molecule has 4 rings (SSSR count). The summed E-state index contributed by atoms with van der Waals surface area (Å²) in [7, 11) is 1.39. The lowest BCUT2D eigenvalue weighted by Crippen LogP contribution is -2.64. The van der Waals surface area contributed by atoms with E-state index in [0.29, 0.717) is 31.5 Å². The molecule has 0 bridgehead atoms. The number of aliphatic hydroxyl groups excluding tert-OH is 1. The first-order valence-electron chi connectivity index (χ1n) is 12.5. The second-order valence-corrected chi connectivity index (χ2v) is 9.60. The first kappa shape index (κ1) is 26.6. The number of piperidine rings is 1. The third-order valence-electron chi connectivity index (χ3n) is 6.99. The fourth-order valence-electron chi connectivity index (χ4n) is 5.08. The quantitative estimate of drug-likeness (QED) is 0.423. The first-order chi connectivity index (χ1) is 17.8. The summed E-state index contributed by atoms with van der Waals surface area (Å²) in [4.78, 5) is 40.0. The highest BCUT2D eigenvalue weighted by molar-refractivity contribution is 5.98. The van der Waals surface area contributed by atoms with Gasteiger partial charge in [0.2, 0.25) is 11.8 Å². The minimum absolute atomic E-state index is 0.138. The number of aliphatic hydroxyl groups is 1. The second-order valence-electron chi connectivity index (χ2n) is 9.60. The van der Waals surface area contributed by atoms with Crippen LogP contribution in [0.2, 0.25) is 0 Å². The molecular formula is C26H33FN4O6. The van der Waals surface area contributed by atoms with Gasteiger partial charge in [-0.3, -0.25) is 14.4 Å². The molecule has 1 saturated carbocycles. The lowest BCUT2D eigenvalue weighted by molar-refractivity contribution is -0.130. The largest absolute Gasteiger partial charge is 0.459 e. The lowest BCUT2D eigenvalue weighted by atomic mass is 9.80. The molecule has 10 nitrogen and oxygen atoms in total. The van der Waals surface area contributed by atoms with Crippen molar-refractivity contribution in [2.45, 2.75) is 56.2 Å². The van der Waals surface area contributed by atoms with Gasteiger partial charge in [-0.15, -0.1) is 0 Å². The first-order valence-corrected chi connectivity index (χ1v) is 12.5. The maximum absolute atomic E-state index is 13.9. The van der Waals surface area contributed by atoms with Crippen LogP contribution in [0, 0.1) is 5.82 Å². The Morgan fingerprint density at radius 1 is 1.22 bits per heavy atom. The van der Waals surface area contributed by atoms with Crippen molar-refractivity contribution in [3.05, 3.63) is 48.2 Å². The molecule has 1 aromatic heterocycles. The molecule has 1 saturated heterocycles. The van der Waals surface area contributed by atoms with E-state index in [0.717, 1.165) is 19.3 Å². The van der Waals surface area contributed by atoms with E-state index < -0.39 is 35.3 Å². The molecule has 0 radical (unpaired) electrons. The fraction of sp³-hybridized carbons (Fsp3) is 0.500. The van der Waals surface area contributed by atoms with Crippen molar-refractivity contribution in [1.29, 1.82) is 0 Å². The fourth-order valence-corrected chi connectivity index (χ4v) is 5.08. The number of carbonyl (C=O) groups is 3. The van der Waals surface area contributed by atoms with Crippen molar-refractivity contribution in [1.82, 2.24) is 10.6 Å². The molecule has 1 aliphatic carbocycles. The topological polar surface area (TPSA) is 133 Å². The van der Waals surface area contributed by atoms with Gasteiger partial charge in [0.1, 0.15) is 18.0 Å². The standard InChI is InChI=1S/C26H33FN4O6/c1-36-16-23(33)28-19-14-17(27)7-8-20(19)31-12-9-18(21(32)15-31)29-25(35)26(10-3-2-4-11-26)30-24(34)22-6-5-13-37-22/h5-8,13-14,18,21,32H,2-4,9-12,15-16H2,1H3,(H,28,33)(H,29,35)(H,30,34). The number of hydrogen-bond acceptors (Lipinski definition) is 7. The van der Waals surface area contributed by atoms with Crippen molar-refractivity contribution >= 4 is 29.1 Å². The zero-order valence-electron chi connectivity index (χ0n) is 20.8. The summed E-state index contributed by atoms with van der Waals surface area (Å²) in [5.41, 5.74) is -0.239. The number of halogens is 1. The average Bonchev–Trinajstić information content (AvgIpc) is 3.41. The summed E-state index contributed by atoms with van der Waals surface area (Å²) in [6, 6.07) is 6.68. The van der Waals surface area contributed by atoms with Gasteiger partial charge in [0.25, 0.3) is 5.91 Å². The number of β-amino-alcohol motifs (C(OH)–C–C–N with tert-alkyl or cyclic N) is 1. The summed E-state index contributed by atoms with van der Waals surface area (Å²) in [5.74, 6) is -1.56. The Morgan fingerprint density at radius 2 is 2.00 bits per heavy atom. The molecular weight excluding hydrogens is 483 g/mol. The van der Waals surface area contributed by atoms with Crippen LogP contribution in [-0.2, 0) is 14.3 Å². The molecule has 2 heterocycles. The molecule has 1 aromatic carbocycles. The molecule has 3 amide bonds. The third-order valence-corrected chi connectivity index (χ3v) is 6.99. The number of nitrogens with zero attached hydrogens (tertiary/aromatic N) is 1. The maximum Gasteiger partial charge on any atom is 0.287 e. The highest BCUT2D eigenvalue weighted by Gasteiger charge is 2.43. The number of carbonyl (C=O) groups excluding carboxylic acids is 3. The lowest BCUT2D eigenvalue weighted by Gasteiger charge is -2.41. The smallest absolute Gasteiger partial charge is 0.287 e. The molecule has 11 heteroatoms. The average molecular weight is 517 g/mol. The summed E-state index contributed by atoms with van der Waals surface area (Å²) in [6.45, 7) is 0.437. The van der Waals surface area contributed by atoms with Crippen LogP contribution in [0.1, 0.15) is 49.1 Å². The molecule has 1 aliphatic heterocycles. The van der Waals surface area contributed by atoms with Crippen LogP contribution in [0.15, 0.2) is 41.0 Å². The number of hydrogen-bond donors (Lipinski definition) is 4. The Labute approximate surface area is 214 Å². The number of rotatable bonds is 8. The second kappa shape index (κ2) is 11.7. The van der Waals surface area contributed by atoms with E-state index in [2.05, 4.69) is 16.0 Å². The Bertz CT molecular complexity index is 1100. The van der Waals surface area contributed by atoms with E-state index in [1.165, 1.54) is 25.5 Å². The van der Waals surface area contributed by atoms with Gasteiger partial charge in [0.05, 0.1) is 29.8 Å². The highest BCUT2D eigenvalue weighted by atomic mass is 19.1. The number of methoxy groups -OCH3 is 1. The minimum Gasteiger partial charge on any atom is -0.459 e. The van der Waals surface area contributed by atoms with Gasteiger partial charge >= 0.3 is 0 Å². The van der Waals surface area contributed by atoms with Crippen molar-refractivity contribution in [2.75, 3.05) is 37.0 Å². The summed E-state index contributed by atoms with van der Waals surface area (Å²) in [6.07, 6.45) is 4.48. The van der Waals surface area contributed by atoms with Crippen LogP contribution < -0.4 is 20.9 Å². The van der Waals surface area contributed by atoms with E-state index in [1.54, 1.807) is 18.2 Å².